The molecule has 0 spiro atoms. The maximum atomic E-state index is 12.5. The molecule has 3 unspecified atom stereocenters. The predicted molar refractivity (Wildman–Crippen MR) is 68.9 cm³/mol. The Morgan fingerprint density at radius 2 is 1.90 bits per heavy atom. The van der Waals surface area contributed by atoms with Crippen LogP contribution in [-0.2, 0) is 19.7 Å². The van der Waals surface area contributed by atoms with Crippen molar-refractivity contribution in [3.05, 3.63) is 0 Å². The van der Waals surface area contributed by atoms with Crippen molar-refractivity contribution in [2.24, 2.45) is 0 Å². The minimum Gasteiger partial charge on any atom is -0.465 e. The van der Waals surface area contributed by atoms with Crippen LogP contribution in [0.4, 0.5) is 0 Å². The normalized spacial score (nSPS) is 32.6. The first-order chi connectivity index (χ1) is 9.37. The highest BCUT2D eigenvalue weighted by atomic mass is 32.2. The topological polar surface area (TPSA) is 107 Å². The lowest BCUT2D eigenvalue weighted by atomic mass is 10.2. The second-order valence-electron chi connectivity index (χ2n) is 4.98. The van der Waals surface area contributed by atoms with Crippen LogP contribution in [-0.4, -0.2) is 77.7 Å². The van der Waals surface area contributed by atoms with Crippen molar-refractivity contribution in [2.75, 3.05) is 26.2 Å². The van der Waals surface area contributed by atoms with Crippen LogP contribution in [0.5, 0.6) is 0 Å². The molecule has 2 saturated heterocycles. The van der Waals surface area contributed by atoms with Crippen molar-refractivity contribution in [3.63, 3.8) is 0 Å². The Balaban J connectivity index is 2.14. The highest BCUT2D eigenvalue weighted by molar-refractivity contribution is 7.86. The number of nitrogens with zero attached hydrogens (tertiary/aromatic N) is 2. The molecule has 20 heavy (non-hydrogen) atoms. The van der Waals surface area contributed by atoms with Gasteiger partial charge in [0.2, 0.25) is 0 Å². The van der Waals surface area contributed by atoms with Crippen molar-refractivity contribution in [3.8, 4) is 0 Å². The summed E-state index contributed by atoms with van der Waals surface area (Å²) in [4.78, 5) is 11.8. The molecule has 9 heteroatoms. The Kier molecular flexibility index (Phi) is 4.65. The molecule has 2 aliphatic rings. The van der Waals surface area contributed by atoms with E-state index < -0.39 is 34.4 Å². The number of aliphatic hydroxyl groups excluding tert-OH is 2. The minimum atomic E-state index is -3.87. The quantitative estimate of drug-likeness (QED) is 0.599. The van der Waals surface area contributed by atoms with Gasteiger partial charge in [0.25, 0.3) is 10.2 Å². The number of hydrogen-bond acceptors (Lipinski definition) is 6. The van der Waals surface area contributed by atoms with Gasteiger partial charge >= 0.3 is 5.97 Å². The molecule has 0 saturated carbocycles. The van der Waals surface area contributed by atoms with Crippen LogP contribution in [0.25, 0.3) is 0 Å². The summed E-state index contributed by atoms with van der Waals surface area (Å²) in [5.74, 6) is -0.547. The Morgan fingerprint density at radius 3 is 2.45 bits per heavy atom. The van der Waals surface area contributed by atoms with Crippen molar-refractivity contribution >= 4 is 16.2 Å². The van der Waals surface area contributed by atoms with Gasteiger partial charge in [0.1, 0.15) is 6.04 Å². The van der Waals surface area contributed by atoms with E-state index in [9.17, 15) is 23.4 Å². The molecule has 116 valence electrons. The number of ether oxygens (including phenoxy) is 1. The number of aliphatic hydroxyl groups is 2. The van der Waals surface area contributed by atoms with Crippen LogP contribution in [0.3, 0.4) is 0 Å². The lowest BCUT2D eigenvalue weighted by Gasteiger charge is -2.27. The molecular formula is C11H20N2O6S. The first kappa shape index (κ1) is 15.6. The molecule has 2 heterocycles. The molecule has 0 amide bonds. The summed E-state index contributed by atoms with van der Waals surface area (Å²) in [7, 11) is -3.87. The van der Waals surface area contributed by atoms with E-state index >= 15 is 0 Å². The van der Waals surface area contributed by atoms with E-state index in [0.29, 0.717) is 12.8 Å². The van der Waals surface area contributed by atoms with E-state index in [1.54, 1.807) is 6.92 Å². The van der Waals surface area contributed by atoms with Gasteiger partial charge in [0.05, 0.1) is 18.8 Å². The molecule has 0 aromatic rings. The maximum Gasteiger partial charge on any atom is 0.324 e. The first-order valence-electron chi connectivity index (χ1n) is 6.67. The molecule has 2 rings (SSSR count). The number of carbonyl (C=O) groups is 1. The zero-order valence-corrected chi connectivity index (χ0v) is 12.1. The van der Waals surface area contributed by atoms with Crippen molar-refractivity contribution in [1.82, 2.24) is 8.61 Å². The smallest absolute Gasteiger partial charge is 0.324 e. The largest absolute Gasteiger partial charge is 0.465 e. The summed E-state index contributed by atoms with van der Waals surface area (Å²) in [5.41, 5.74) is 0. The number of rotatable bonds is 4. The lowest BCUT2D eigenvalue weighted by Crippen LogP contribution is -2.48. The van der Waals surface area contributed by atoms with Crippen molar-refractivity contribution in [1.29, 1.82) is 0 Å². The van der Waals surface area contributed by atoms with Gasteiger partial charge < -0.3 is 14.9 Å². The van der Waals surface area contributed by atoms with Gasteiger partial charge in [0, 0.05) is 19.6 Å². The Hall–Kier alpha value is -0.740. The lowest BCUT2D eigenvalue weighted by molar-refractivity contribution is -0.146. The van der Waals surface area contributed by atoms with Crippen LogP contribution in [0.15, 0.2) is 0 Å². The maximum absolute atomic E-state index is 12.5. The first-order valence-corrected chi connectivity index (χ1v) is 8.07. The Bertz CT molecular complexity index is 458. The fourth-order valence-corrected chi connectivity index (χ4v) is 4.41. The number of hydrogen-bond donors (Lipinski definition) is 2. The second-order valence-corrected chi connectivity index (χ2v) is 6.86. The van der Waals surface area contributed by atoms with Crippen LogP contribution in [0.2, 0.25) is 0 Å². The highest BCUT2D eigenvalue weighted by Gasteiger charge is 2.46. The molecule has 0 radical (unpaired) electrons. The Labute approximate surface area is 118 Å². The fourth-order valence-electron chi connectivity index (χ4n) is 2.56. The number of carbonyl (C=O) groups excluding carboxylic acids is 1. The summed E-state index contributed by atoms with van der Waals surface area (Å²) in [6.45, 7) is 1.79. The molecule has 3 atom stereocenters. The summed E-state index contributed by atoms with van der Waals surface area (Å²) < 4.78 is 31.9. The van der Waals surface area contributed by atoms with E-state index in [4.69, 9.17) is 4.74 Å². The van der Waals surface area contributed by atoms with Gasteiger partial charge in [-0.05, 0) is 19.8 Å². The summed E-state index contributed by atoms with van der Waals surface area (Å²) in [6, 6.07) is -0.810. The fraction of sp³-hybridized carbons (Fsp3) is 0.909. The van der Waals surface area contributed by atoms with Crippen LogP contribution in [0.1, 0.15) is 19.8 Å². The van der Waals surface area contributed by atoms with Gasteiger partial charge in [-0.3, -0.25) is 4.79 Å². The van der Waals surface area contributed by atoms with Crippen LogP contribution >= 0.6 is 0 Å². The summed E-state index contributed by atoms with van der Waals surface area (Å²) in [6.07, 6.45) is -1.17. The molecule has 2 N–H and O–H groups in total. The molecular weight excluding hydrogens is 288 g/mol. The monoisotopic (exact) mass is 308 g/mol. The third-order valence-electron chi connectivity index (χ3n) is 3.61. The molecule has 0 aliphatic carbocycles. The number of esters is 1. The molecule has 2 aliphatic heterocycles. The average Bonchev–Trinajstić information content (AvgIpc) is 2.98. The van der Waals surface area contributed by atoms with Crippen molar-refractivity contribution < 1.29 is 28.2 Å². The average molecular weight is 308 g/mol. The Morgan fingerprint density at radius 1 is 1.30 bits per heavy atom. The van der Waals surface area contributed by atoms with Crippen LogP contribution in [0, 0.1) is 0 Å². The minimum absolute atomic E-state index is 0.157. The molecule has 0 bridgehead atoms. The third-order valence-corrected chi connectivity index (χ3v) is 5.59. The van der Waals surface area contributed by atoms with E-state index in [1.807, 2.05) is 0 Å². The van der Waals surface area contributed by atoms with E-state index in [1.165, 1.54) is 0 Å². The molecule has 0 aromatic heterocycles. The molecule has 2 fully saturated rings. The van der Waals surface area contributed by atoms with E-state index in [-0.39, 0.29) is 26.2 Å². The van der Waals surface area contributed by atoms with Gasteiger partial charge in [-0.2, -0.15) is 17.0 Å². The van der Waals surface area contributed by atoms with Gasteiger partial charge in [-0.1, -0.05) is 0 Å². The van der Waals surface area contributed by atoms with E-state index in [2.05, 4.69) is 0 Å². The van der Waals surface area contributed by atoms with Crippen LogP contribution < -0.4 is 0 Å². The molecule has 8 nitrogen and oxygen atoms in total. The predicted octanol–water partition coefficient (Wildman–Crippen LogP) is -1.70. The molecule has 0 aromatic carbocycles. The highest BCUT2D eigenvalue weighted by Crippen LogP contribution is 2.26. The van der Waals surface area contributed by atoms with Gasteiger partial charge in [-0.15, -0.1) is 0 Å². The standard InChI is InChI=1S/C11H20N2O6S/c1-2-19-11(16)8-4-3-5-13(8)20(17,18)12-6-9(14)10(15)7-12/h8-10,14-15H,2-7H2,1H3. The van der Waals surface area contributed by atoms with Crippen molar-refractivity contribution in [2.45, 2.75) is 38.0 Å². The zero-order chi connectivity index (χ0) is 14.9. The summed E-state index contributed by atoms with van der Waals surface area (Å²) >= 11 is 0. The van der Waals surface area contributed by atoms with Gasteiger partial charge in [-0.25, -0.2) is 0 Å². The second kappa shape index (κ2) is 5.94. The number of β-amino-alcohol motifs (C(OH)–C–C–N with tert-alkyl or cyclic N) is 2. The van der Waals surface area contributed by atoms with E-state index in [0.717, 1.165) is 8.61 Å². The third kappa shape index (κ3) is 2.82. The van der Waals surface area contributed by atoms with Gasteiger partial charge in [0.15, 0.2) is 0 Å². The zero-order valence-electron chi connectivity index (χ0n) is 11.3. The SMILES string of the molecule is CCOC(=O)C1CCCN1S(=O)(=O)N1CC(O)C(O)C1. The summed E-state index contributed by atoms with van der Waals surface area (Å²) in [5, 5.41) is 18.9.